The molecule has 0 saturated carbocycles. The van der Waals surface area contributed by atoms with Crippen molar-refractivity contribution in [2.24, 2.45) is 0 Å². The highest BCUT2D eigenvalue weighted by molar-refractivity contribution is 5.82. The molecule has 1 rings (SSSR count). The number of carbonyl (C=O) groups is 1. The Morgan fingerprint density at radius 2 is 2.20 bits per heavy atom. The van der Waals surface area contributed by atoms with Crippen LogP contribution in [0, 0.1) is 0 Å². The summed E-state index contributed by atoms with van der Waals surface area (Å²) in [5.41, 5.74) is -0.0548. The Hall–Kier alpha value is -0.610. The van der Waals surface area contributed by atoms with Crippen molar-refractivity contribution in [1.82, 2.24) is 10.2 Å². The second-order valence-electron chi connectivity index (χ2n) is 5.05. The predicted octanol–water partition coefficient (Wildman–Crippen LogP) is 0.356. The number of amides is 1. The van der Waals surface area contributed by atoms with Crippen LogP contribution in [-0.4, -0.2) is 46.7 Å². The molecule has 1 aliphatic heterocycles. The number of aliphatic hydroxyl groups excluding tert-OH is 1. The Balaban J connectivity index is 3.00. The molecule has 1 atom stereocenters. The molecule has 0 aromatic carbocycles. The summed E-state index contributed by atoms with van der Waals surface area (Å²) in [6, 6.07) is -0.163. The smallest absolute Gasteiger partial charge is 0.239 e. The Labute approximate surface area is 91.6 Å². The SMILES string of the molecule is CC(C)N1C(CO)C(=O)NCCC1(C)C. The summed E-state index contributed by atoms with van der Waals surface area (Å²) in [4.78, 5) is 13.8. The lowest BCUT2D eigenvalue weighted by molar-refractivity contribution is -0.130. The van der Waals surface area contributed by atoms with E-state index in [0.29, 0.717) is 6.54 Å². The lowest BCUT2D eigenvalue weighted by atomic mass is 9.95. The first kappa shape index (κ1) is 12.5. The van der Waals surface area contributed by atoms with E-state index in [-0.39, 0.29) is 24.1 Å². The zero-order chi connectivity index (χ0) is 11.6. The molecule has 88 valence electrons. The topological polar surface area (TPSA) is 52.6 Å². The van der Waals surface area contributed by atoms with Crippen LogP contribution in [0.15, 0.2) is 0 Å². The van der Waals surface area contributed by atoms with Gasteiger partial charge >= 0.3 is 0 Å². The zero-order valence-corrected chi connectivity index (χ0v) is 10.1. The third kappa shape index (κ3) is 2.49. The second kappa shape index (κ2) is 4.49. The number of carbonyl (C=O) groups excluding carboxylic acids is 1. The van der Waals surface area contributed by atoms with E-state index in [4.69, 9.17) is 0 Å². The van der Waals surface area contributed by atoms with Crippen molar-refractivity contribution in [3.05, 3.63) is 0 Å². The molecule has 0 aliphatic carbocycles. The molecule has 0 spiro atoms. The van der Waals surface area contributed by atoms with Crippen molar-refractivity contribution < 1.29 is 9.90 Å². The highest BCUT2D eigenvalue weighted by Crippen LogP contribution is 2.26. The van der Waals surface area contributed by atoms with E-state index >= 15 is 0 Å². The summed E-state index contributed by atoms with van der Waals surface area (Å²) in [5.74, 6) is -0.0585. The van der Waals surface area contributed by atoms with Crippen LogP contribution in [0.25, 0.3) is 0 Å². The fourth-order valence-corrected chi connectivity index (χ4v) is 2.52. The molecule has 2 N–H and O–H groups in total. The summed E-state index contributed by atoms with van der Waals surface area (Å²) in [6.07, 6.45) is 0.910. The van der Waals surface area contributed by atoms with Gasteiger partial charge in [-0.2, -0.15) is 0 Å². The lowest BCUT2D eigenvalue weighted by Crippen LogP contribution is -2.57. The molecule has 1 amide bonds. The van der Waals surface area contributed by atoms with Gasteiger partial charge in [0.2, 0.25) is 5.91 Å². The van der Waals surface area contributed by atoms with Crippen LogP contribution < -0.4 is 5.32 Å². The number of nitrogens with one attached hydrogen (secondary N) is 1. The molecular weight excluding hydrogens is 192 g/mol. The molecule has 1 aliphatic rings. The van der Waals surface area contributed by atoms with Gasteiger partial charge < -0.3 is 10.4 Å². The van der Waals surface area contributed by atoms with Crippen LogP contribution >= 0.6 is 0 Å². The summed E-state index contributed by atoms with van der Waals surface area (Å²) >= 11 is 0. The van der Waals surface area contributed by atoms with Crippen molar-refractivity contribution in [2.45, 2.75) is 51.7 Å². The second-order valence-corrected chi connectivity index (χ2v) is 5.05. The Morgan fingerprint density at radius 3 is 2.67 bits per heavy atom. The average molecular weight is 214 g/mol. The normalized spacial score (nSPS) is 27.6. The fourth-order valence-electron chi connectivity index (χ4n) is 2.52. The first-order chi connectivity index (χ1) is 6.90. The summed E-state index contributed by atoms with van der Waals surface area (Å²) < 4.78 is 0. The van der Waals surface area contributed by atoms with Crippen molar-refractivity contribution in [2.75, 3.05) is 13.2 Å². The standard InChI is InChI=1S/C11H22N2O2/c1-8(2)13-9(7-14)10(15)12-6-5-11(13,3)4/h8-9,14H,5-7H2,1-4H3,(H,12,15). The van der Waals surface area contributed by atoms with Gasteiger partial charge in [0.1, 0.15) is 6.04 Å². The maximum absolute atomic E-state index is 11.7. The van der Waals surface area contributed by atoms with Crippen LogP contribution in [0.1, 0.15) is 34.1 Å². The first-order valence-corrected chi connectivity index (χ1v) is 5.57. The minimum atomic E-state index is -0.414. The molecule has 4 heteroatoms. The average Bonchev–Trinajstić information content (AvgIpc) is 2.21. The summed E-state index contributed by atoms with van der Waals surface area (Å²) in [5, 5.41) is 12.2. The summed E-state index contributed by atoms with van der Waals surface area (Å²) in [6.45, 7) is 8.93. The van der Waals surface area contributed by atoms with Crippen molar-refractivity contribution in [1.29, 1.82) is 0 Å². The van der Waals surface area contributed by atoms with Crippen LogP contribution in [0.2, 0.25) is 0 Å². The molecule has 0 radical (unpaired) electrons. The molecule has 1 saturated heterocycles. The van der Waals surface area contributed by atoms with E-state index in [9.17, 15) is 9.90 Å². The quantitative estimate of drug-likeness (QED) is 0.697. The lowest BCUT2D eigenvalue weighted by Gasteiger charge is -2.43. The van der Waals surface area contributed by atoms with E-state index in [2.05, 4.69) is 37.9 Å². The van der Waals surface area contributed by atoms with E-state index in [1.54, 1.807) is 0 Å². The molecule has 1 unspecified atom stereocenters. The highest BCUT2D eigenvalue weighted by atomic mass is 16.3. The third-order valence-corrected chi connectivity index (χ3v) is 3.10. The third-order valence-electron chi connectivity index (χ3n) is 3.10. The van der Waals surface area contributed by atoms with Crippen LogP contribution in [0.3, 0.4) is 0 Å². The van der Waals surface area contributed by atoms with Gasteiger partial charge in [0, 0.05) is 18.1 Å². The van der Waals surface area contributed by atoms with Gasteiger partial charge in [0.15, 0.2) is 0 Å². The monoisotopic (exact) mass is 214 g/mol. The molecule has 1 fully saturated rings. The van der Waals surface area contributed by atoms with Crippen LogP contribution in [-0.2, 0) is 4.79 Å². The molecule has 1 heterocycles. The Bertz CT molecular complexity index is 239. The number of nitrogens with zero attached hydrogens (tertiary/aromatic N) is 1. The summed E-state index contributed by atoms with van der Waals surface area (Å²) in [7, 11) is 0. The van der Waals surface area contributed by atoms with Gasteiger partial charge in [-0.25, -0.2) is 0 Å². The fraction of sp³-hybridized carbons (Fsp3) is 0.909. The van der Waals surface area contributed by atoms with Crippen molar-refractivity contribution in [3.8, 4) is 0 Å². The molecule has 0 aromatic heterocycles. The van der Waals surface area contributed by atoms with Crippen LogP contribution in [0.5, 0.6) is 0 Å². The molecule has 15 heavy (non-hydrogen) atoms. The number of aliphatic hydroxyl groups is 1. The van der Waals surface area contributed by atoms with Gasteiger partial charge in [0.05, 0.1) is 6.61 Å². The maximum atomic E-state index is 11.7. The van der Waals surface area contributed by atoms with E-state index in [0.717, 1.165) is 6.42 Å². The maximum Gasteiger partial charge on any atom is 0.239 e. The molecule has 4 nitrogen and oxygen atoms in total. The van der Waals surface area contributed by atoms with Gasteiger partial charge in [-0.3, -0.25) is 9.69 Å². The number of hydrogen-bond acceptors (Lipinski definition) is 3. The number of rotatable bonds is 2. The first-order valence-electron chi connectivity index (χ1n) is 5.57. The number of hydrogen-bond donors (Lipinski definition) is 2. The highest BCUT2D eigenvalue weighted by Gasteiger charge is 2.39. The van der Waals surface area contributed by atoms with Gasteiger partial charge in [0.25, 0.3) is 0 Å². The largest absolute Gasteiger partial charge is 0.394 e. The van der Waals surface area contributed by atoms with Gasteiger partial charge in [-0.05, 0) is 34.1 Å². The molecule has 0 bridgehead atoms. The zero-order valence-electron chi connectivity index (χ0n) is 10.1. The Morgan fingerprint density at radius 1 is 1.60 bits per heavy atom. The molecular formula is C11H22N2O2. The van der Waals surface area contributed by atoms with E-state index < -0.39 is 6.04 Å². The van der Waals surface area contributed by atoms with E-state index in [1.807, 2.05) is 0 Å². The van der Waals surface area contributed by atoms with Gasteiger partial charge in [-0.1, -0.05) is 0 Å². The van der Waals surface area contributed by atoms with E-state index in [1.165, 1.54) is 0 Å². The predicted molar refractivity (Wildman–Crippen MR) is 59.6 cm³/mol. The Kier molecular flexibility index (Phi) is 3.73. The van der Waals surface area contributed by atoms with Crippen LogP contribution in [0.4, 0.5) is 0 Å². The van der Waals surface area contributed by atoms with Crippen molar-refractivity contribution >= 4 is 5.91 Å². The minimum absolute atomic E-state index is 0.0548. The van der Waals surface area contributed by atoms with Crippen molar-refractivity contribution in [3.63, 3.8) is 0 Å². The van der Waals surface area contributed by atoms with Gasteiger partial charge in [-0.15, -0.1) is 0 Å². The molecule has 0 aromatic rings. The minimum Gasteiger partial charge on any atom is -0.394 e.